The molecule has 0 bridgehead atoms. The van der Waals surface area contributed by atoms with E-state index in [0.717, 1.165) is 108 Å². The van der Waals surface area contributed by atoms with Gasteiger partial charge in [-0.3, -0.25) is 37.3 Å². The fraction of sp³-hybridized carbons (Fsp3) is 0.942. The summed E-state index contributed by atoms with van der Waals surface area (Å²) >= 11 is 0. The Kier molecular flexibility index (Phi) is 58.7. The summed E-state index contributed by atoms with van der Waals surface area (Å²) in [6.45, 7) is 11.7. The minimum atomic E-state index is -4.95. The molecule has 88 heavy (non-hydrogen) atoms. The normalized spacial score (nSPS) is 14.2. The molecule has 17 nitrogen and oxygen atoms in total. The molecule has 0 fully saturated rings. The third kappa shape index (κ3) is 62.8. The number of phosphoric ester groups is 2. The Morgan fingerprint density at radius 2 is 0.523 bits per heavy atom. The first kappa shape index (κ1) is 86.1. The van der Waals surface area contributed by atoms with Crippen LogP contribution in [0.1, 0.15) is 344 Å². The number of hydrogen-bond acceptors (Lipinski definition) is 15. The Morgan fingerprint density at radius 1 is 0.307 bits per heavy atom. The van der Waals surface area contributed by atoms with E-state index < -0.39 is 97.5 Å². The average Bonchev–Trinajstić information content (AvgIpc) is 3.69. The van der Waals surface area contributed by atoms with Crippen LogP contribution in [0.2, 0.25) is 0 Å². The lowest BCUT2D eigenvalue weighted by Crippen LogP contribution is -2.30. The molecule has 0 aromatic carbocycles. The van der Waals surface area contributed by atoms with Gasteiger partial charge in [0.2, 0.25) is 0 Å². The highest BCUT2D eigenvalue weighted by Crippen LogP contribution is 2.45. The zero-order valence-corrected chi connectivity index (χ0v) is 59.0. The second-order valence-corrected chi connectivity index (χ2v) is 29.3. The molecular weight excluding hydrogens is 1160 g/mol. The summed E-state index contributed by atoms with van der Waals surface area (Å²) in [5.74, 6) is 0.0302. The predicted molar refractivity (Wildman–Crippen MR) is 354 cm³/mol. The molecule has 3 N–H and O–H groups in total. The molecule has 0 aliphatic rings. The topological polar surface area (TPSA) is 237 Å². The van der Waals surface area contributed by atoms with Gasteiger partial charge >= 0.3 is 39.5 Å². The first-order valence-corrected chi connectivity index (χ1v) is 38.8. The maximum atomic E-state index is 13.0. The van der Waals surface area contributed by atoms with E-state index in [4.69, 9.17) is 37.0 Å². The number of carbonyl (C=O) groups excluding carboxylic acids is 4. The lowest BCUT2D eigenvalue weighted by molar-refractivity contribution is -0.161. The zero-order valence-electron chi connectivity index (χ0n) is 57.2. The maximum absolute atomic E-state index is 13.0. The Labute approximate surface area is 537 Å². The van der Waals surface area contributed by atoms with E-state index in [1.54, 1.807) is 0 Å². The van der Waals surface area contributed by atoms with E-state index in [1.165, 1.54) is 148 Å². The Morgan fingerprint density at radius 3 is 0.773 bits per heavy atom. The molecule has 0 radical (unpaired) electrons. The van der Waals surface area contributed by atoms with Crippen molar-refractivity contribution in [1.29, 1.82) is 0 Å². The second-order valence-electron chi connectivity index (χ2n) is 26.3. The lowest BCUT2D eigenvalue weighted by Gasteiger charge is -2.21. The third-order valence-corrected chi connectivity index (χ3v) is 17.8. The second kappa shape index (κ2) is 60.0. The zero-order chi connectivity index (χ0) is 65.2. The number of carbonyl (C=O) groups is 4. The van der Waals surface area contributed by atoms with E-state index in [0.29, 0.717) is 31.6 Å². The van der Waals surface area contributed by atoms with Gasteiger partial charge in [-0.15, -0.1) is 0 Å². The van der Waals surface area contributed by atoms with Crippen LogP contribution in [0.25, 0.3) is 0 Å². The van der Waals surface area contributed by atoms with Crippen molar-refractivity contribution in [2.45, 2.75) is 362 Å². The highest BCUT2D eigenvalue weighted by atomic mass is 31.2. The lowest BCUT2D eigenvalue weighted by atomic mass is 10.0. The van der Waals surface area contributed by atoms with Crippen molar-refractivity contribution in [3.05, 3.63) is 0 Å². The van der Waals surface area contributed by atoms with Crippen molar-refractivity contribution < 1.29 is 80.2 Å². The first-order valence-electron chi connectivity index (χ1n) is 35.8. The quantitative estimate of drug-likeness (QED) is 0.0222. The predicted octanol–water partition coefficient (Wildman–Crippen LogP) is 19.5. The van der Waals surface area contributed by atoms with Crippen LogP contribution in [-0.4, -0.2) is 96.7 Å². The molecule has 0 saturated heterocycles. The Hall–Kier alpha value is -1.94. The van der Waals surface area contributed by atoms with Gasteiger partial charge in [0, 0.05) is 25.7 Å². The number of phosphoric acid groups is 2. The molecule has 522 valence electrons. The van der Waals surface area contributed by atoms with Crippen molar-refractivity contribution in [1.82, 2.24) is 0 Å². The van der Waals surface area contributed by atoms with Crippen LogP contribution in [0.15, 0.2) is 0 Å². The maximum Gasteiger partial charge on any atom is 0.472 e. The molecule has 2 unspecified atom stereocenters. The van der Waals surface area contributed by atoms with Gasteiger partial charge in [0.15, 0.2) is 12.2 Å². The number of esters is 4. The Bertz CT molecular complexity index is 1730. The highest BCUT2D eigenvalue weighted by molar-refractivity contribution is 7.47. The van der Waals surface area contributed by atoms with Crippen molar-refractivity contribution in [3.8, 4) is 0 Å². The van der Waals surface area contributed by atoms with Gasteiger partial charge in [0.25, 0.3) is 0 Å². The molecule has 0 amide bonds. The Balaban J connectivity index is 5.25. The minimum Gasteiger partial charge on any atom is -0.462 e. The molecule has 0 saturated carbocycles. The molecule has 0 aliphatic heterocycles. The van der Waals surface area contributed by atoms with Crippen molar-refractivity contribution in [2.75, 3.05) is 39.6 Å². The van der Waals surface area contributed by atoms with Gasteiger partial charge in [-0.1, -0.05) is 292 Å². The third-order valence-electron chi connectivity index (χ3n) is 15.9. The van der Waals surface area contributed by atoms with Crippen LogP contribution in [-0.2, 0) is 65.4 Å². The molecule has 0 aromatic heterocycles. The fourth-order valence-electron chi connectivity index (χ4n) is 10.4. The van der Waals surface area contributed by atoms with E-state index >= 15 is 0 Å². The number of aliphatic hydroxyl groups excluding tert-OH is 1. The van der Waals surface area contributed by atoms with Crippen LogP contribution in [0, 0.1) is 17.8 Å². The van der Waals surface area contributed by atoms with Crippen LogP contribution in [0.5, 0.6) is 0 Å². The summed E-state index contributed by atoms with van der Waals surface area (Å²) in [6, 6.07) is 0. The average molecular weight is 1300 g/mol. The summed E-state index contributed by atoms with van der Waals surface area (Å²) in [5, 5.41) is 10.6. The van der Waals surface area contributed by atoms with Gasteiger partial charge in [0.05, 0.1) is 26.4 Å². The largest absolute Gasteiger partial charge is 0.472 e. The van der Waals surface area contributed by atoms with Gasteiger partial charge in [-0.2, -0.15) is 0 Å². The van der Waals surface area contributed by atoms with Gasteiger partial charge in [-0.25, -0.2) is 9.13 Å². The smallest absolute Gasteiger partial charge is 0.462 e. The standard InChI is InChI=1S/C69H134O17P2/c1-8-9-10-11-12-13-14-15-16-17-18-23-29-38-45-52-68(73)85-64(56-79-66(71)50-43-36-28-24-19-21-26-33-40-47-60(2)3)58-83-87(75,76)81-54-63(70)55-82-88(77,78)84-59-65(57-80-67(72)51-44-37-32-31-35-42-49-62(6)7)86-69(74)53-46-39-30-25-20-22-27-34-41-48-61(4)5/h60-65,70H,8-59H2,1-7H3,(H,75,76)(H,77,78)/t63-,64-,65-/m1/s1. The summed E-state index contributed by atoms with van der Waals surface area (Å²) in [5.41, 5.74) is 0. The van der Waals surface area contributed by atoms with Crippen LogP contribution < -0.4 is 0 Å². The van der Waals surface area contributed by atoms with E-state index in [-0.39, 0.29) is 25.7 Å². The SMILES string of the molecule is CCCCCCCCCCCCCCCCCC(=O)O[C@H](COC(=O)CCCCCCCCCCCC(C)C)COP(=O)(O)OC[C@@H](O)COP(=O)(O)OC[C@@H](COC(=O)CCCCCCCCC(C)C)OC(=O)CCCCCCCCCCCC(C)C. The van der Waals surface area contributed by atoms with Gasteiger partial charge in [-0.05, 0) is 43.4 Å². The first-order chi connectivity index (χ1) is 42.2. The highest BCUT2D eigenvalue weighted by Gasteiger charge is 2.30. The van der Waals surface area contributed by atoms with Crippen LogP contribution in [0.3, 0.4) is 0 Å². The molecule has 0 heterocycles. The summed E-state index contributed by atoms with van der Waals surface area (Å²) in [4.78, 5) is 72.5. The molecule has 0 spiro atoms. The van der Waals surface area contributed by atoms with Gasteiger partial charge in [0.1, 0.15) is 19.3 Å². The van der Waals surface area contributed by atoms with Crippen LogP contribution >= 0.6 is 15.6 Å². The van der Waals surface area contributed by atoms with Crippen molar-refractivity contribution >= 4 is 39.5 Å². The number of rotatable bonds is 67. The minimum absolute atomic E-state index is 0.104. The van der Waals surface area contributed by atoms with Gasteiger partial charge < -0.3 is 33.8 Å². The molecular formula is C69H134O17P2. The van der Waals surface area contributed by atoms with Crippen molar-refractivity contribution in [2.24, 2.45) is 17.8 Å². The van der Waals surface area contributed by atoms with Crippen LogP contribution in [0.4, 0.5) is 0 Å². The summed E-state index contributed by atoms with van der Waals surface area (Å²) < 4.78 is 68.2. The van der Waals surface area contributed by atoms with E-state index in [2.05, 4.69) is 48.5 Å². The molecule has 0 aliphatic carbocycles. The molecule has 19 heteroatoms. The number of ether oxygens (including phenoxy) is 4. The van der Waals surface area contributed by atoms with Crippen molar-refractivity contribution in [3.63, 3.8) is 0 Å². The monoisotopic (exact) mass is 1300 g/mol. The fourth-order valence-corrected chi connectivity index (χ4v) is 11.9. The number of hydrogen-bond donors (Lipinski definition) is 3. The molecule has 0 aromatic rings. The van der Waals surface area contributed by atoms with E-state index in [1.807, 2.05) is 0 Å². The molecule has 5 atom stereocenters. The summed E-state index contributed by atoms with van der Waals surface area (Å²) in [6.07, 6.45) is 43.2. The molecule has 0 rings (SSSR count). The summed E-state index contributed by atoms with van der Waals surface area (Å²) in [7, 11) is -9.90. The number of aliphatic hydroxyl groups is 1. The van der Waals surface area contributed by atoms with E-state index in [9.17, 15) is 43.2 Å². The number of unbranched alkanes of at least 4 members (excludes halogenated alkanes) is 35.